The van der Waals surface area contributed by atoms with E-state index in [1.807, 2.05) is 0 Å². The van der Waals surface area contributed by atoms with Crippen molar-refractivity contribution in [1.29, 1.82) is 0 Å². The Labute approximate surface area is 114 Å². The molecule has 1 nitrogen and oxygen atoms in total. The molecule has 18 heavy (non-hydrogen) atoms. The third-order valence-electron chi connectivity index (χ3n) is 3.97. The van der Waals surface area contributed by atoms with Gasteiger partial charge in [0.15, 0.2) is 0 Å². The van der Waals surface area contributed by atoms with E-state index in [4.69, 9.17) is 17.3 Å². The number of halogens is 2. The van der Waals surface area contributed by atoms with Gasteiger partial charge in [-0.2, -0.15) is 0 Å². The molecule has 1 aliphatic carbocycles. The van der Waals surface area contributed by atoms with E-state index in [0.29, 0.717) is 22.9 Å². The molecule has 1 aromatic carbocycles. The number of rotatable bonds is 3. The SMILES string of the molecule is NC(Cc1cc(Cl)ccc1F)C1CCCCCC1. The van der Waals surface area contributed by atoms with Crippen molar-refractivity contribution < 1.29 is 4.39 Å². The van der Waals surface area contributed by atoms with Gasteiger partial charge in [0.05, 0.1) is 0 Å². The summed E-state index contributed by atoms with van der Waals surface area (Å²) in [5.74, 6) is 0.342. The maximum Gasteiger partial charge on any atom is 0.126 e. The summed E-state index contributed by atoms with van der Waals surface area (Å²) in [5.41, 5.74) is 6.91. The summed E-state index contributed by atoms with van der Waals surface area (Å²) in [7, 11) is 0. The van der Waals surface area contributed by atoms with Crippen LogP contribution in [0.5, 0.6) is 0 Å². The molecule has 1 saturated carbocycles. The van der Waals surface area contributed by atoms with E-state index in [9.17, 15) is 4.39 Å². The van der Waals surface area contributed by atoms with Crippen molar-refractivity contribution in [1.82, 2.24) is 0 Å². The maximum atomic E-state index is 13.7. The lowest BCUT2D eigenvalue weighted by Gasteiger charge is -2.22. The quantitative estimate of drug-likeness (QED) is 0.813. The van der Waals surface area contributed by atoms with Crippen molar-refractivity contribution in [2.75, 3.05) is 0 Å². The topological polar surface area (TPSA) is 26.0 Å². The Morgan fingerprint density at radius 1 is 1.22 bits per heavy atom. The predicted molar refractivity (Wildman–Crippen MR) is 74.3 cm³/mol. The van der Waals surface area contributed by atoms with Crippen LogP contribution in [0.1, 0.15) is 44.1 Å². The summed E-state index contributed by atoms with van der Waals surface area (Å²) < 4.78 is 13.7. The van der Waals surface area contributed by atoms with E-state index < -0.39 is 0 Å². The van der Waals surface area contributed by atoms with Gasteiger partial charge in [0.25, 0.3) is 0 Å². The summed E-state index contributed by atoms with van der Waals surface area (Å²) in [5, 5.41) is 0.583. The molecule has 2 N–H and O–H groups in total. The minimum absolute atomic E-state index is 0.0519. The van der Waals surface area contributed by atoms with Crippen LogP contribution in [0.4, 0.5) is 4.39 Å². The fourth-order valence-corrected chi connectivity index (χ4v) is 3.05. The Bertz CT molecular complexity index is 386. The molecule has 0 heterocycles. The van der Waals surface area contributed by atoms with Crippen LogP contribution in [0, 0.1) is 11.7 Å². The van der Waals surface area contributed by atoms with Crippen LogP contribution in [0.25, 0.3) is 0 Å². The highest BCUT2D eigenvalue weighted by Gasteiger charge is 2.20. The highest BCUT2D eigenvalue weighted by Crippen LogP contribution is 2.27. The molecule has 3 heteroatoms. The summed E-state index contributed by atoms with van der Waals surface area (Å²) >= 11 is 5.90. The van der Waals surface area contributed by atoms with E-state index in [1.54, 1.807) is 12.1 Å². The summed E-state index contributed by atoms with van der Waals surface area (Å²) in [4.78, 5) is 0. The van der Waals surface area contributed by atoms with Gasteiger partial charge in [-0.15, -0.1) is 0 Å². The normalized spacial score (nSPS) is 19.5. The third-order valence-corrected chi connectivity index (χ3v) is 4.20. The van der Waals surface area contributed by atoms with Gasteiger partial charge in [0.2, 0.25) is 0 Å². The van der Waals surface area contributed by atoms with E-state index in [1.165, 1.54) is 44.6 Å². The number of hydrogen-bond acceptors (Lipinski definition) is 1. The van der Waals surface area contributed by atoms with Crippen molar-refractivity contribution in [3.63, 3.8) is 0 Å². The Morgan fingerprint density at radius 2 is 1.89 bits per heavy atom. The van der Waals surface area contributed by atoms with Gasteiger partial charge in [-0.3, -0.25) is 0 Å². The van der Waals surface area contributed by atoms with Crippen LogP contribution in [-0.2, 0) is 6.42 Å². The molecule has 1 fully saturated rings. The maximum absolute atomic E-state index is 13.7. The first-order valence-corrected chi connectivity index (χ1v) is 7.24. The largest absolute Gasteiger partial charge is 0.327 e. The van der Waals surface area contributed by atoms with Gasteiger partial charge in [-0.25, -0.2) is 4.39 Å². The lowest BCUT2D eigenvalue weighted by Crippen LogP contribution is -2.32. The fourth-order valence-electron chi connectivity index (χ4n) is 2.86. The van der Waals surface area contributed by atoms with Crippen molar-refractivity contribution in [2.24, 2.45) is 11.7 Å². The van der Waals surface area contributed by atoms with Gasteiger partial charge >= 0.3 is 0 Å². The van der Waals surface area contributed by atoms with Gasteiger partial charge in [0, 0.05) is 11.1 Å². The molecular weight excluding hydrogens is 249 g/mol. The molecule has 0 aliphatic heterocycles. The highest BCUT2D eigenvalue weighted by atomic mass is 35.5. The van der Waals surface area contributed by atoms with Crippen LogP contribution in [-0.4, -0.2) is 6.04 Å². The van der Waals surface area contributed by atoms with E-state index in [0.717, 1.165) is 0 Å². The van der Waals surface area contributed by atoms with E-state index >= 15 is 0 Å². The fraction of sp³-hybridized carbons (Fsp3) is 0.600. The Kier molecular flexibility index (Phi) is 5.02. The zero-order valence-electron chi connectivity index (χ0n) is 10.7. The molecule has 1 atom stereocenters. The highest BCUT2D eigenvalue weighted by molar-refractivity contribution is 6.30. The first-order valence-electron chi connectivity index (χ1n) is 6.86. The Hall–Kier alpha value is -0.600. The second-order valence-corrected chi connectivity index (χ2v) is 5.79. The van der Waals surface area contributed by atoms with Crippen LogP contribution < -0.4 is 5.73 Å². The van der Waals surface area contributed by atoms with Crippen LogP contribution >= 0.6 is 11.6 Å². The van der Waals surface area contributed by atoms with Gasteiger partial charge in [-0.1, -0.05) is 37.3 Å². The average Bonchev–Trinajstić information content (AvgIpc) is 2.62. The second-order valence-electron chi connectivity index (χ2n) is 5.36. The molecule has 2 rings (SSSR count). The minimum Gasteiger partial charge on any atom is -0.327 e. The summed E-state index contributed by atoms with van der Waals surface area (Å²) in [6.45, 7) is 0. The third kappa shape index (κ3) is 3.69. The van der Waals surface area contributed by atoms with E-state index in [2.05, 4.69) is 0 Å². The zero-order valence-corrected chi connectivity index (χ0v) is 11.4. The van der Waals surface area contributed by atoms with Crippen LogP contribution in [0.3, 0.4) is 0 Å². The van der Waals surface area contributed by atoms with Gasteiger partial charge in [0.1, 0.15) is 5.82 Å². The molecule has 0 saturated heterocycles. The van der Waals surface area contributed by atoms with Crippen LogP contribution in [0.15, 0.2) is 18.2 Å². The lowest BCUT2D eigenvalue weighted by atomic mass is 9.88. The average molecular weight is 270 g/mol. The van der Waals surface area contributed by atoms with Crippen molar-refractivity contribution >= 4 is 11.6 Å². The molecule has 1 aromatic rings. The van der Waals surface area contributed by atoms with E-state index in [-0.39, 0.29) is 11.9 Å². The molecule has 1 unspecified atom stereocenters. The molecular formula is C15H21ClFN. The smallest absolute Gasteiger partial charge is 0.126 e. The number of hydrogen-bond donors (Lipinski definition) is 1. The predicted octanol–water partition coefficient (Wildman–Crippen LogP) is 4.32. The lowest BCUT2D eigenvalue weighted by molar-refractivity contribution is 0.369. The summed E-state index contributed by atoms with van der Waals surface area (Å²) in [6.07, 6.45) is 8.11. The number of nitrogens with two attached hydrogens (primary N) is 1. The minimum atomic E-state index is -0.191. The molecule has 0 radical (unpaired) electrons. The molecule has 0 bridgehead atoms. The molecule has 0 spiro atoms. The van der Waals surface area contributed by atoms with Crippen LogP contribution in [0.2, 0.25) is 5.02 Å². The molecule has 100 valence electrons. The van der Waals surface area contributed by atoms with Crippen molar-refractivity contribution in [3.8, 4) is 0 Å². The van der Waals surface area contributed by atoms with Gasteiger partial charge in [-0.05, 0) is 48.9 Å². The Balaban J connectivity index is 2.00. The first-order chi connectivity index (χ1) is 8.66. The number of benzene rings is 1. The van der Waals surface area contributed by atoms with Gasteiger partial charge < -0.3 is 5.73 Å². The molecule has 1 aliphatic rings. The second kappa shape index (κ2) is 6.53. The first kappa shape index (κ1) is 13.8. The standard InChI is InChI=1S/C15H21ClFN/c16-13-7-8-14(17)12(9-13)10-15(18)11-5-3-1-2-4-6-11/h7-9,11,15H,1-6,10,18H2. The van der Waals surface area contributed by atoms with Crippen molar-refractivity contribution in [3.05, 3.63) is 34.6 Å². The summed E-state index contributed by atoms with van der Waals surface area (Å²) in [6, 6.07) is 4.76. The Morgan fingerprint density at radius 3 is 2.56 bits per heavy atom. The molecule has 0 aromatic heterocycles. The van der Waals surface area contributed by atoms with Crippen molar-refractivity contribution in [2.45, 2.75) is 51.0 Å². The monoisotopic (exact) mass is 269 g/mol. The zero-order chi connectivity index (χ0) is 13.0. The molecule has 0 amide bonds.